The average Bonchev–Trinajstić information content (AvgIpc) is 3.12. The number of imidazole rings is 1. The summed E-state index contributed by atoms with van der Waals surface area (Å²) >= 11 is 1.52. The summed E-state index contributed by atoms with van der Waals surface area (Å²) in [6.07, 6.45) is 3.95. The van der Waals surface area contributed by atoms with Gasteiger partial charge in [0.05, 0.1) is 25.2 Å². The summed E-state index contributed by atoms with van der Waals surface area (Å²) < 4.78 is 1.89. The van der Waals surface area contributed by atoms with Crippen LogP contribution in [-0.4, -0.2) is 69.1 Å². The molecule has 3 amide bonds. The summed E-state index contributed by atoms with van der Waals surface area (Å²) in [6, 6.07) is -0.570. The molecule has 0 aromatic carbocycles. The largest absolute Gasteiger partial charge is 0.345 e. The highest BCUT2D eigenvalue weighted by molar-refractivity contribution is 7.15. The molecule has 2 aliphatic rings. The highest BCUT2D eigenvalue weighted by Crippen LogP contribution is 2.16. The van der Waals surface area contributed by atoms with Gasteiger partial charge in [-0.2, -0.15) is 0 Å². The first kappa shape index (κ1) is 14.2. The fourth-order valence-electron chi connectivity index (χ4n) is 3.04. The summed E-state index contributed by atoms with van der Waals surface area (Å²) in [5.41, 5.74) is 0.716. The van der Waals surface area contributed by atoms with Gasteiger partial charge in [-0.15, -0.1) is 11.3 Å². The van der Waals surface area contributed by atoms with E-state index in [2.05, 4.69) is 10.3 Å². The zero-order chi connectivity index (χ0) is 16.0. The maximum atomic E-state index is 12.5. The first-order valence-corrected chi connectivity index (χ1v) is 8.26. The van der Waals surface area contributed by atoms with Crippen molar-refractivity contribution in [3.8, 4) is 0 Å². The van der Waals surface area contributed by atoms with Gasteiger partial charge in [-0.3, -0.25) is 18.8 Å². The van der Waals surface area contributed by atoms with Crippen molar-refractivity contribution in [2.45, 2.75) is 12.5 Å². The molecule has 1 unspecified atom stereocenters. The van der Waals surface area contributed by atoms with Crippen molar-refractivity contribution in [2.24, 2.45) is 0 Å². The van der Waals surface area contributed by atoms with E-state index in [0.29, 0.717) is 18.8 Å². The Labute approximate surface area is 135 Å². The van der Waals surface area contributed by atoms with Crippen molar-refractivity contribution >= 4 is 34.0 Å². The molecule has 4 heterocycles. The molecule has 1 atom stereocenters. The highest BCUT2D eigenvalue weighted by Gasteiger charge is 2.39. The lowest BCUT2D eigenvalue weighted by molar-refractivity contribution is -0.152. The monoisotopic (exact) mass is 333 g/mol. The van der Waals surface area contributed by atoms with Crippen LogP contribution >= 0.6 is 11.3 Å². The third kappa shape index (κ3) is 2.46. The molecular weight excluding hydrogens is 318 g/mol. The maximum Gasteiger partial charge on any atom is 0.245 e. The molecule has 2 fully saturated rings. The predicted molar refractivity (Wildman–Crippen MR) is 81.9 cm³/mol. The Hall–Kier alpha value is -2.42. The van der Waals surface area contributed by atoms with Crippen molar-refractivity contribution in [1.82, 2.24) is 24.5 Å². The Morgan fingerprint density at radius 2 is 2.26 bits per heavy atom. The fraction of sp³-hybridized carbons (Fsp3) is 0.429. The van der Waals surface area contributed by atoms with Gasteiger partial charge in [0.2, 0.25) is 17.7 Å². The standard InChI is InChI=1S/C14H15N5O3S/c20-11(5-9-7-18-3-4-23-14(18)16-9)17-1-2-19-10(8-17)13(22)15-6-12(19)21/h3-4,7,10H,1-2,5-6,8H2,(H,15,22). The number of thiazole rings is 1. The number of fused-ring (bicyclic) bond motifs is 2. The van der Waals surface area contributed by atoms with E-state index in [1.54, 1.807) is 9.80 Å². The second-order valence-corrected chi connectivity index (χ2v) is 6.54. The number of nitrogens with zero attached hydrogens (tertiary/aromatic N) is 4. The van der Waals surface area contributed by atoms with Crippen LogP contribution in [0.5, 0.6) is 0 Å². The van der Waals surface area contributed by atoms with Gasteiger partial charge in [-0.25, -0.2) is 4.98 Å². The van der Waals surface area contributed by atoms with E-state index in [1.807, 2.05) is 22.2 Å². The molecule has 23 heavy (non-hydrogen) atoms. The molecule has 4 rings (SSSR count). The molecule has 0 bridgehead atoms. The Morgan fingerprint density at radius 3 is 3.09 bits per heavy atom. The molecule has 2 aromatic rings. The molecule has 0 saturated carbocycles. The van der Waals surface area contributed by atoms with Gasteiger partial charge in [0.15, 0.2) is 4.96 Å². The SMILES string of the molecule is O=C1NCC(=O)N2CCN(C(=O)Cc3cn4ccsc4n3)CC12. The minimum atomic E-state index is -0.570. The van der Waals surface area contributed by atoms with Gasteiger partial charge < -0.3 is 15.1 Å². The molecular formula is C14H15N5O3S. The van der Waals surface area contributed by atoms with Gasteiger partial charge >= 0.3 is 0 Å². The van der Waals surface area contributed by atoms with Crippen molar-refractivity contribution < 1.29 is 14.4 Å². The van der Waals surface area contributed by atoms with Crippen LogP contribution in [0.25, 0.3) is 4.96 Å². The number of hydrogen-bond donors (Lipinski definition) is 1. The molecule has 0 spiro atoms. The number of nitrogens with one attached hydrogen (secondary N) is 1. The molecule has 0 aliphatic carbocycles. The fourth-order valence-corrected chi connectivity index (χ4v) is 3.76. The average molecular weight is 333 g/mol. The third-order valence-electron chi connectivity index (χ3n) is 4.25. The van der Waals surface area contributed by atoms with E-state index < -0.39 is 6.04 Å². The van der Waals surface area contributed by atoms with Gasteiger partial charge in [-0.1, -0.05) is 0 Å². The molecule has 2 aliphatic heterocycles. The van der Waals surface area contributed by atoms with Crippen LogP contribution in [0.2, 0.25) is 0 Å². The van der Waals surface area contributed by atoms with Crippen molar-refractivity contribution in [3.63, 3.8) is 0 Å². The van der Waals surface area contributed by atoms with E-state index in [4.69, 9.17) is 0 Å². The summed E-state index contributed by atoms with van der Waals surface area (Å²) in [5, 5.41) is 4.51. The Morgan fingerprint density at radius 1 is 1.39 bits per heavy atom. The molecule has 120 valence electrons. The molecule has 2 saturated heterocycles. The van der Waals surface area contributed by atoms with E-state index in [0.717, 1.165) is 4.96 Å². The molecule has 8 nitrogen and oxygen atoms in total. The summed E-state index contributed by atoms with van der Waals surface area (Å²) in [4.78, 5) is 44.7. The molecule has 9 heteroatoms. The zero-order valence-corrected chi connectivity index (χ0v) is 13.1. The number of amides is 3. The number of carbonyl (C=O) groups is 3. The first-order valence-electron chi connectivity index (χ1n) is 7.38. The van der Waals surface area contributed by atoms with Crippen molar-refractivity contribution in [1.29, 1.82) is 0 Å². The number of rotatable bonds is 2. The lowest BCUT2D eigenvalue weighted by atomic mass is 10.1. The first-order chi connectivity index (χ1) is 11.1. The van der Waals surface area contributed by atoms with Crippen molar-refractivity contribution in [3.05, 3.63) is 23.5 Å². The number of piperazine rings is 2. The predicted octanol–water partition coefficient (Wildman–Crippen LogP) is -0.892. The van der Waals surface area contributed by atoms with Crippen LogP contribution < -0.4 is 5.32 Å². The minimum Gasteiger partial charge on any atom is -0.345 e. The third-order valence-corrected chi connectivity index (χ3v) is 5.02. The number of carbonyl (C=O) groups excluding carboxylic acids is 3. The summed E-state index contributed by atoms with van der Waals surface area (Å²) in [5.74, 6) is -0.345. The van der Waals surface area contributed by atoms with Crippen LogP contribution in [0, 0.1) is 0 Å². The zero-order valence-electron chi connectivity index (χ0n) is 12.3. The minimum absolute atomic E-state index is 0.0503. The molecule has 2 aromatic heterocycles. The smallest absolute Gasteiger partial charge is 0.245 e. The van der Waals surface area contributed by atoms with Crippen LogP contribution in [0.3, 0.4) is 0 Å². The second kappa shape index (κ2) is 5.34. The van der Waals surface area contributed by atoms with Crippen LogP contribution in [0.15, 0.2) is 17.8 Å². The normalized spacial score (nSPS) is 21.5. The Kier molecular flexibility index (Phi) is 3.29. The Bertz CT molecular complexity index is 769. The molecule has 0 radical (unpaired) electrons. The van der Waals surface area contributed by atoms with Gasteiger partial charge in [0, 0.05) is 30.9 Å². The summed E-state index contributed by atoms with van der Waals surface area (Å²) in [7, 11) is 0. The summed E-state index contributed by atoms with van der Waals surface area (Å²) in [6.45, 7) is 1.16. The number of aromatic nitrogens is 2. The topological polar surface area (TPSA) is 87.0 Å². The number of hydrogen-bond acceptors (Lipinski definition) is 5. The van der Waals surface area contributed by atoms with E-state index in [-0.39, 0.29) is 37.2 Å². The maximum absolute atomic E-state index is 12.5. The van der Waals surface area contributed by atoms with Crippen molar-refractivity contribution in [2.75, 3.05) is 26.2 Å². The van der Waals surface area contributed by atoms with Crippen LogP contribution in [-0.2, 0) is 20.8 Å². The highest BCUT2D eigenvalue weighted by atomic mass is 32.1. The Balaban J connectivity index is 1.45. The van der Waals surface area contributed by atoms with Gasteiger partial charge in [0.25, 0.3) is 0 Å². The quantitative estimate of drug-likeness (QED) is 0.772. The van der Waals surface area contributed by atoms with Gasteiger partial charge in [0.1, 0.15) is 6.04 Å². The lowest BCUT2D eigenvalue weighted by Crippen LogP contribution is -2.66. The van der Waals surface area contributed by atoms with Gasteiger partial charge in [-0.05, 0) is 0 Å². The van der Waals surface area contributed by atoms with E-state index in [9.17, 15) is 14.4 Å². The van der Waals surface area contributed by atoms with Crippen LogP contribution in [0.1, 0.15) is 5.69 Å². The second-order valence-electron chi connectivity index (χ2n) is 5.66. The van der Waals surface area contributed by atoms with Crippen LogP contribution in [0.4, 0.5) is 0 Å². The van der Waals surface area contributed by atoms with E-state index >= 15 is 0 Å². The lowest BCUT2D eigenvalue weighted by Gasteiger charge is -2.42. The molecule has 1 N–H and O–H groups in total. The van der Waals surface area contributed by atoms with E-state index in [1.165, 1.54) is 11.3 Å².